The molecule has 1 N–H and O–H groups in total. The molecule has 0 aliphatic carbocycles. The monoisotopic (exact) mass is 199 g/mol. The van der Waals surface area contributed by atoms with Gasteiger partial charge in [-0.25, -0.2) is 0 Å². The second kappa shape index (κ2) is 2.76. The molecule has 1 atom stereocenters. The third-order valence-corrected chi connectivity index (χ3v) is 2.89. The number of furan rings is 1. The van der Waals surface area contributed by atoms with E-state index in [1.165, 1.54) is 5.56 Å². The lowest BCUT2D eigenvalue weighted by atomic mass is 9.86. The number of rotatable bonds is 0. The fourth-order valence-electron chi connectivity index (χ4n) is 1.82. The zero-order chi connectivity index (χ0) is 9.64. The summed E-state index contributed by atoms with van der Waals surface area (Å²) < 4.78 is 5.48. The van der Waals surface area contributed by atoms with Gasteiger partial charge in [-0.3, -0.25) is 0 Å². The predicted octanol–water partition coefficient (Wildman–Crippen LogP) is 2.87. The molecule has 0 saturated heterocycles. The molecule has 1 aromatic rings. The van der Waals surface area contributed by atoms with Crippen LogP contribution in [-0.4, -0.2) is 6.54 Å². The molecule has 2 rings (SSSR count). The number of hydrogen-bond donors (Lipinski definition) is 1. The molecular weight excluding hydrogens is 186 g/mol. The molecule has 0 spiro atoms. The van der Waals surface area contributed by atoms with E-state index in [1.807, 2.05) is 6.07 Å². The summed E-state index contributed by atoms with van der Waals surface area (Å²) in [6.07, 6.45) is 0. The minimum atomic E-state index is -0.0154. The Morgan fingerprint density at radius 2 is 2.31 bits per heavy atom. The highest BCUT2D eigenvalue weighted by Crippen LogP contribution is 2.37. The maximum Gasteiger partial charge on any atom is 0.193 e. The Hall–Kier alpha value is -0.470. The first-order chi connectivity index (χ1) is 6.00. The fraction of sp³-hybridized carbons (Fsp3) is 0.600. The summed E-state index contributed by atoms with van der Waals surface area (Å²) in [7, 11) is 0. The lowest BCUT2D eigenvalue weighted by molar-refractivity contribution is 0.325. The van der Waals surface area contributed by atoms with Crippen molar-refractivity contribution in [1.29, 1.82) is 0 Å². The Labute approximate surface area is 83.3 Å². The highest BCUT2D eigenvalue weighted by molar-refractivity contribution is 6.29. The summed E-state index contributed by atoms with van der Waals surface area (Å²) in [4.78, 5) is 0. The van der Waals surface area contributed by atoms with E-state index in [1.54, 1.807) is 0 Å². The van der Waals surface area contributed by atoms with E-state index in [-0.39, 0.29) is 5.54 Å². The molecule has 2 nitrogen and oxygen atoms in total. The zero-order valence-electron chi connectivity index (χ0n) is 8.15. The van der Waals surface area contributed by atoms with Gasteiger partial charge in [0.25, 0.3) is 0 Å². The number of halogens is 1. The van der Waals surface area contributed by atoms with E-state index >= 15 is 0 Å². The molecular formula is C10H14ClNO. The minimum absolute atomic E-state index is 0.0154. The molecule has 1 aromatic heterocycles. The summed E-state index contributed by atoms with van der Waals surface area (Å²) >= 11 is 5.85. The van der Waals surface area contributed by atoms with E-state index in [4.69, 9.17) is 16.0 Å². The number of hydrogen-bond acceptors (Lipinski definition) is 2. The second-order valence-electron chi connectivity index (χ2n) is 4.24. The quantitative estimate of drug-likeness (QED) is 0.695. The molecule has 1 aliphatic heterocycles. The van der Waals surface area contributed by atoms with Crippen molar-refractivity contribution in [3.8, 4) is 0 Å². The molecule has 2 heterocycles. The summed E-state index contributed by atoms with van der Waals surface area (Å²) in [5.74, 6) is 1.45. The van der Waals surface area contributed by atoms with Crippen LogP contribution in [0.2, 0.25) is 5.22 Å². The lowest BCUT2D eigenvalue weighted by Gasteiger charge is -2.33. The third kappa shape index (κ3) is 1.38. The van der Waals surface area contributed by atoms with Crippen molar-refractivity contribution >= 4 is 11.6 Å². The largest absolute Gasteiger partial charge is 0.449 e. The maximum atomic E-state index is 5.85. The van der Waals surface area contributed by atoms with E-state index in [0.29, 0.717) is 11.1 Å². The van der Waals surface area contributed by atoms with E-state index in [0.717, 1.165) is 12.3 Å². The van der Waals surface area contributed by atoms with Crippen LogP contribution in [0.5, 0.6) is 0 Å². The van der Waals surface area contributed by atoms with Crippen molar-refractivity contribution in [1.82, 2.24) is 5.32 Å². The highest BCUT2D eigenvalue weighted by Gasteiger charge is 2.33. The van der Waals surface area contributed by atoms with Gasteiger partial charge in [0.15, 0.2) is 5.22 Å². The van der Waals surface area contributed by atoms with Gasteiger partial charge < -0.3 is 9.73 Å². The fourth-order valence-corrected chi connectivity index (χ4v) is 2.02. The van der Waals surface area contributed by atoms with Crippen molar-refractivity contribution in [2.75, 3.05) is 6.54 Å². The maximum absolute atomic E-state index is 5.85. The van der Waals surface area contributed by atoms with E-state index < -0.39 is 0 Å². The van der Waals surface area contributed by atoms with Crippen LogP contribution in [0.1, 0.15) is 38.0 Å². The molecule has 3 heteroatoms. The third-order valence-electron chi connectivity index (χ3n) is 2.70. The molecule has 13 heavy (non-hydrogen) atoms. The van der Waals surface area contributed by atoms with Gasteiger partial charge in [0.2, 0.25) is 0 Å². The summed E-state index contributed by atoms with van der Waals surface area (Å²) in [6.45, 7) is 7.37. The van der Waals surface area contributed by atoms with E-state index in [9.17, 15) is 0 Å². The number of fused-ring (bicyclic) bond motifs is 1. The summed E-state index contributed by atoms with van der Waals surface area (Å²) in [6, 6.07) is 1.92. The van der Waals surface area contributed by atoms with Crippen LogP contribution in [0, 0.1) is 0 Å². The van der Waals surface area contributed by atoms with Gasteiger partial charge in [-0.15, -0.1) is 0 Å². The summed E-state index contributed by atoms with van der Waals surface area (Å²) in [5, 5.41) is 3.95. The average molecular weight is 200 g/mol. The van der Waals surface area contributed by atoms with Crippen LogP contribution < -0.4 is 5.32 Å². The Bertz CT molecular complexity index is 330. The van der Waals surface area contributed by atoms with Gasteiger partial charge in [0.05, 0.1) is 0 Å². The smallest absolute Gasteiger partial charge is 0.193 e. The van der Waals surface area contributed by atoms with Crippen molar-refractivity contribution in [2.45, 2.75) is 32.2 Å². The average Bonchev–Trinajstić information content (AvgIpc) is 2.42. The van der Waals surface area contributed by atoms with Crippen LogP contribution in [0.25, 0.3) is 0 Å². The molecule has 72 valence electrons. The van der Waals surface area contributed by atoms with Gasteiger partial charge in [-0.2, -0.15) is 0 Å². The number of nitrogens with one attached hydrogen (secondary N) is 1. The highest BCUT2D eigenvalue weighted by atomic mass is 35.5. The Morgan fingerprint density at radius 1 is 1.62 bits per heavy atom. The summed E-state index contributed by atoms with van der Waals surface area (Å²) in [5.41, 5.74) is 1.18. The van der Waals surface area contributed by atoms with Crippen molar-refractivity contribution in [2.24, 2.45) is 0 Å². The normalized spacial score (nSPS) is 25.7. The molecule has 0 radical (unpaired) electrons. The van der Waals surface area contributed by atoms with Gasteiger partial charge in [0.1, 0.15) is 5.76 Å². The van der Waals surface area contributed by atoms with Crippen LogP contribution in [0.15, 0.2) is 10.5 Å². The first-order valence-electron chi connectivity index (χ1n) is 4.55. The SMILES string of the molecule is CC1CNC(C)(C)c2cc(Cl)oc21. The first-order valence-corrected chi connectivity index (χ1v) is 4.93. The first kappa shape index (κ1) is 9.10. The van der Waals surface area contributed by atoms with Gasteiger partial charge in [0, 0.05) is 29.6 Å². The molecule has 0 aromatic carbocycles. The topological polar surface area (TPSA) is 25.2 Å². The second-order valence-corrected chi connectivity index (χ2v) is 4.61. The van der Waals surface area contributed by atoms with Crippen LogP contribution in [-0.2, 0) is 5.54 Å². The molecule has 1 unspecified atom stereocenters. The Kier molecular flexibility index (Phi) is 1.93. The molecule has 0 amide bonds. The lowest BCUT2D eigenvalue weighted by Crippen LogP contribution is -2.43. The van der Waals surface area contributed by atoms with Gasteiger partial charge in [-0.1, -0.05) is 6.92 Å². The van der Waals surface area contributed by atoms with Crippen molar-refractivity contribution < 1.29 is 4.42 Å². The van der Waals surface area contributed by atoms with Gasteiger partial charge >= 0.3 is 0 Å². The predicted molar refractivity (Wildman–Crippen MR) is 53.2 cm³/mol. The Balaban J connectivity index is 2.54. The Morgan fingerprint density at radius 3 is 2.92 bits per heavy atom. The molecule has 1 aliphatic rings. The molecule has 0 bridgehead atoms. The van der Waals surface area contributed by atoms with Gasteiger partial charge in [-0.05, 0) is 25.4 Å². The van der Waals surface area contributed by atoms with Crippen molar-refractivity contribution in [3.05, 3.63) is 22.6 Å². The minimum Gasteiger partial charge on any atom is -0.449 e. The van der Waals surface area contributed by atoms with Crippen LogP contribution in [0.3, 0.4) is 0 Å². The standard InChI is InChI=1S/C10H14ClNO/c1-6-5-12-10(2,3)7-4-8(11)13-9(6)7/h4,6,12H,5H2,1-3H3. The van der Waals surface area contributed by atoms with E-state index in [2.05, 4.69) is 26.1 Å². The molecule has 0 fully saturated rings. The van der Waals surface area contributed by atoms with Crippen LogP contribution >= 0.6 is 11.6 Å². The van der Waals surface area contributed by atoms with Crippen LogP contribution in [0.4, 0.5) is 0 Å². The molecule has 0 saturated carbocycles. The van der Waals surface area contributed by atoms with Crippen molar-refractivity contribution in [3.63, 3.8) is 0 Å². The zero-order valence-corrected chi connectivity index (χ0v) is 8.90.